The van der Waals surface area contributed by atoms with Crippen LogP contribution in [0.2, 0.25) is 0 Å². The molecule has 5 heteroatoms. The first-order valence-electron chi connectivity index (χ1n) is 12.9. The van der Waals surface area contributed by atoms with E-state index in [2.05, 4.69) is 75.2 Å². The van der Waals surface area contributed by atoms with Crippen LogP contribution < -0.4 is 10.9 Å². The average molecular weight is 449 g/mol. The van der Waals surface area contributed by atoms with E-state index in [0.717, 1.165) is 32.2 Å². The van der Waals surface area contributed by atoms with Crippen molar-refractivity contribution < 1.29 is 4.74 Å². The van der Waals surface area contributed by atoms with E-state index in [-0.39, 0.29) is 0 Å². The Balaban J connectivity index is 1.20. The number of piperidine rings is 1. The molecule has 3 unspecified atom stereocenters. The molecule has 33 heavy (non-hydrogen) atoms. The number of ether oxygens (including phenoxy) is 1. The maximum Gasteiger partial charge on any atom is 0.0589 e. The number of hydrogen-bond donors (Lipinski definition) is 2. The van der Waals surface area contributed by atoms with Crippen molar-refractivity contribution in [3.63, 3.8) is 0 Å². The maximum atomic E-state index is 5.49. The van der Waals surface area contributed by atoms with Gasteiger partial charge in [-0.05, 0) is 54.8 Å². The van der Waals surface area contributed by atoms with Crippen LogP contribution in [0.1, 0.15) is 35.6 Å². The molecule has 178 valence electrons. The Hall–Kier alpha value is -1.76. The van der Waals surface area contributed by atoms with Crippen LogP contribution in [-0.2, 0) is 17.6 Å². The maximum absolute atomic E-state index is 5.49. The Labute approximate surface area is 199 Å². The van der Waals surface area contributed by atoms with Crippen molar-refractivity contribution in [1.82, 2.24) is 20.7 Å². The molecule has 3 atom stereocenters. The van der Waals surface area contributed by atoms with E-state index in [0.29, 0.717) is 18.0 Å². The predicted octanol–water partition coefficient (Wildman–Crippen LogP) is 3.28. The summed E-state index contributed by atoms with van der Waals surface area (Å²) in [4.78, 5) is 5.48. The second-order valence-electron chi connectivity index (χ2n) is 10.3. The van der Waals surface area contributed by atoms with Gasteiger partial charge in [0.25, 0.3) is 0 Å². The van der Waals surface area contributed by atoms with Crippen LogP contribution in [-0.4, -0.2) is 68.8 Å². The van der Waals surface area contributed by atoms with Gasteiger partial charge in [0.15, 0.2) is 0 Å². The summed E-state index contributed by atoms with van der Waals surface area (Å²) in [6, 6.07) is 21.0. The highest BCUT2D eigenvalue weighted by Gasteiger charge is 2.33. The van der Waals surface area contributed by atoms with Crippen LogP contribution >= 0.6 is 0 Å². The van der Waals surface area contributed by atoms with E-state index in [9.17, 15) is 0 Å². The fourth-order valence-corrected chi connectivity index (χ4v) is 6.27. The molecule has 2 heterocycles. The molecule has 0 radical (unpaired) electrons. The summed E-state index contributed by atoms with van der Waals surface area (Å²) < 4.78 is 5.49. The molecular weight excluding hydrogens is 408 g/mol. The fraction of sp³-hybridized carbons (Fsp3) is 0.571. The second-order valence-corrected chi connectivity index (χ2v) is 10.3. The van der Waals surface area contributed by atoms with Gasteiger partial charge in [0.05, 0.1) is 12.6 Å². The number of nitrogens with one attached hydrogen (secondary N) is 2. The fourth-order valence-electron chi connectivity index (χ4n) is 6.27. The SMILES string of the molecule is COCCN(CC1CCCN(C2Cc3ccccc3C2)C1)CC1CNNC1c1ccccc1. The average Bonchev–Trinajstić information content (AvgIpc) is 3.50. The smallest absolute Gasteiger partial charge is 0.0589 e. The number of likely N-dealkylation sites (tertiary alicyclic amines) is 1. The van der Waals surface area contributed by atoms with Gasteiger partial charge in [-0.1, -0.05) is 54.6 Å². The highest BCUT2D eigenvalue weighted by molar-refractivity contribution is 5.33. The summed E-state index contributed by atoms with van der Waals surface area (Å²) in [5, 5.41) is 0. The lowest BCUT2D eigenvalue weighted by atomic mass is 9.92. The van der Waals surface area contributed by atoms with E-state index in [1.54, 1.807) is 11.1 Å². The van der Waals surface area contributed by atoms with Gasteiger partial charge in [-0.15, -0.1) is 0 Å². The Morgan fingerprint density at radius 3 is 2.52 bits per heavy atom. The van der Waals surface area contributed by atoms with E-state index in [4.69, 9.17) is 4.74 Å². The van der Waals surface area contributed by atoms with Crippen molar-refractivity contribution in [2.75, 3.05) is 53.0 Å². The Morgan fingerprint density at radius 2 is 1.76 bits per heavy atom. The molecule has 2 aromatic rings. The van der Waals surface area contributed by atoms with Gasteiger partial charge in [0, 0.05) is 51.8 Å². The van der Waals surface area contributed by atoms with Gasteiger partial charge < -0.3 is 9.64 Å². The lowest BCUT2D eigenvalue weighted by Gasteiger charge is -2.39. The van der Waals surface area contributed by atoms with E-state index < -0.39 is 0 Å². The summed E-state index contributed by atoms with van der Waals surface area (Å²) in [5.74, 6) is 1.31. The number of methoxy groups -OCH3 is 1. The minimum absolute atomic E-state index is 0.371. The van der Waals surface area contributed by atoms with Crippen molar-refractivity contribution >= 4 is 0 Å². The summed E-state index contributed by atoms with van der Waals surface area (Å²) in [6.45, 7) is 7.62. The van der Waals surface area contributed by atoms with Crippen LogP contribution in [0.15, 0.2) is 54.6 Å². The highest BCUT2D eigenvalue weighted by atomic mass is 16.5. The number of hydrogen-bond acceptors (Lipinski definition) is 5. The zero-order valence-electron chi connectivity index (χ0n) is 20.1. The summed E-state index contributed by atoms with van der Waals surface area (Å²) in [6.07, 6.45) is 5.14. The first-order chi connectivity index (χ1) is 16.3. The Bertz CT molecular complexity index is 850. The third kappa shape index (κ3) is 5.67. The Morgan fingerprint density at radius 1 is 1.00 bits per heavy atom. The molecule has 2 saturated heterocycles. The predicted molar refractivity (Wildman–Crippen MR) is 134 cm³/mol. The zero-order valence-corrected chi connectivity index (χ0v) is 20.1. The molecule has 5 nitrogen and oxygen atoms in total. The highest BCUT2D eigenvalue weighted by Crippen LogP contribution is 2.30. The lowest BCUT2D eigenvalue weighted by molar-refractivity contribution is 0.0801. The van der Waals surface area contributed by atoms with Gasteiger partial charge in [-0.25, -0.2) is 5.43 Å². The molecule has 0 spiro atoms. The van der Waals surface area contributed by atoms with Crippen molar-refractivity contribution in [3.8, 4) is 0 Å². The third-order valence-electron chi connectivity index (χ3n) is 7.97. The monoisotopic (exact) mass is 448 g/mol. The summed E-state index contributed by atoms with van der Waals surface area (Å²) >= 11 is 0. The number of benzene rings is 2. The molecule has 5 rings (SSSR count). The van der Waals surface area contributed by atoms with Gasteiger partial charge >= 0.3 is 0 Å². The minimum Gasteiger partial charge on any atom is -0.383 e. The normalized spacial score (nSPS) is 26.2. The largest absolute Gasteiger partial charge is 0.383 e. The second kappa shape index (κ2) is 11.1. The standard InChI is InChI=1S/C28H40N4O/c1-33-15-14-31(21-26-18-29-30-28(26)23-9-3-2-4-10-23)19-22-8-7-13-32(20-22)27-16-24-11-5-6-12-25(24)17-27/h2-6,9-12,22,26-30H,7-8,13-21H2,1H3. The van der Waals surface area contributed by atoms with Crippen molar-refractivity contribution in [3.05, 3.63) is 71.3 Å². The first kappa shape index (κ1) is 23.0. The molecule has 0 bridgehead atoms. The van der Waals surface area contributed by atoms with Gasteiger partial charge in [-0.2, -0.15) is 0 Å². The molecule has 0 amide bonds. The summed E-state index contributed by atoms with van der Waals surface area (Å²) in [5.41, 5.74) is 11.5. The van der Waals surface area contributed by atoms with Gasteiger partial charge in [-0.3, -0.25) is 10.3 Å². The number of fused-ring (bicyclic) bond motifs is 1. The van der Waals surface area contributed by atoms with Crippen molar-refractivity contribution in [2.24, 2.45) is 11.8 Å². The van der Waals surface area contributed by atoms with Crippen LogP contribution in [0.4, 0.5) is 0 Å². The van der Waals surface area contributed by atoms with Crippen LogP contribution in [0, 0.1) is 11.8 Å². The molecule has 1 aliphatic carbocycles. The van der Waals surface area contributed by atoms with Gasteiger partial charge in [0.2, 0.25) is 0 Å². The molecular formula is C28H40N4O. The topological polar surface area (TPSA) is 39.8 Å². The van der Waals surface area contributed by atoms with E-state index in [1.165, 1.54) is 50.9 Å². The molecule has 0 aromatic heterocycles. The zero-order chi connectivity index (χ0) is 22.5. The van der Waals surface area contributed by atoms with Gasteiger partial charge in [0.1, 0.15) is 0 Å². The van der Waals surface area contributed by atoms with Crippen LogP contribution in [0.25, 0.3) is 0 Å². The molecule has 2 N–H and O–H groups in total. The molecule has 3 aliphatic rings. The quantitative estimate of drug-likeness (QED) is 0.616. The van der Waals surface area contributed by atoms with Crippen LogP contribution in [0.3, 0.4) is 0 Å². The molecule has 2 fully saturated rings. The molecule has 2 aliphatic heterocycles. The third-order valence-corrected chi connectivity index (χ3v) is 7.97. The molecule has 2 aromatic carbocycles. The number of hydrazine groups is 1. The first-order valence-corrected chi connectivity index (χ1v) is 12.9. The minimum atomic E-state index is 0.371. The summed E-state index contributed by atoms with van der Waals surface area (Å²) in [7, 11) is 1.82. The Kier molecular flexibility index (Phi) is 7.74. The molecule has 0 saturated carbocycles. The van der Waals surface area contributed by atoms with Crippen LogP contribution in [0.5, 0.6) is 0 Å². The number of nitrogens with zero attached hydrogens (tertiary/aromatic N) is 2. The van der Waals surface area contributed by atoms with E-state index in [1.807, 2.05) is 7.11 Å². The lowest BCUT2D eigenvalue weighted by Crippen LogP contribution is -2.47. The van der Waals surface area contributed by atoms with Crippen molar-refractivity contribution in [1.29, 1.82) is 0 Å². The van der Waals surface area contributed by atoms with E-state index >= 15 is 0 Å². The number of rotatable bonds is 9. The van der Waals surface area contributed by atoms with Crippen molar-refractivity contribution in [2.45, 2.75) is 37.8 Å².